The highest BCUT2D eigenvalue weighted by molar-refractivity contribution is 5.83. The molecule has 4 nitrogen and oxygen atoms in total. The summed E-state index contributed by atoms with van der Waals surface area (Å²) in [5.41, 5.74) is 0. The molecular weight excluding hydrogens is 206 g/mol. The molecule has 0 radical (unpaired) electrons. The van der Waals surface area contributed by atoms with Gasteiger partial charge in [0, 0.05) is 13.5 Å². The van der Waals surface area contributed by atoms with E-state index in [2.05, 4.69) is 6.92 Å². The second-order valence-corrected chi connectivity index (χ2v) is 4.25. The highest BCUT2D eigenvalue weighted by Crippen LogP contribution is 2.18. The third kappa shape index (κ3) is 3.51. The van der Waals surface area contributed by atoms with Crippen LogP contribution in [-0.2, 0) is 14.3 Å². The lowest BCUT2D eigenvalue weighted by atomic mass is 10.2. The summed E-state index contributed by atoms with van der Waals surface area (Å²) in [6.07, 6.45) is 4.74. The molecule has 0 N–H and O–H groups in total. The maximum Gasteiger partial charge on any atom is 0.328 e. The number of esters is 1. The fourth-order valence-corrected chi connectivity index (χ4v) is 2.01. The lowest BCUT2D eigenvalue weighted by molar-refractivity contribution is -0.153. The van der Waals surface area contributed by atoms with Crippen LogP contribution >= 0.6 is 0 Å². The Morgan fingerprint density at radius 1 is 1.38 bits per heavy atom. The Bertz CT molecular complexity index is 253. The van der Waals surface area contributed by atoms with Gasteiger partial charge in [0.25, 0.3) is 0 Å². The van der Waals surface area contributed by atoms with Gasteiger partial charge in [-0.15, -0.1) is 0 Å². The molecule has 0 saturated carbocycles. The summed E-state index contributed by atoms with van der Waals surface area (Å²) in [6.45, 7) is 4.78. The van der Waals surface area contributed by atoms with E-state index in [9.17, 15) is 9.59 Å². The number of unbranched alkanes of at least 4 members (excludes halogenated alkanes) is 2. The Hall–Kier alpha value is -1.06. The van der Waals surface area contributed by atoms with Gasteiger partial charge in [0.15, 0.2) is 0 Å². The van der Waals surface area contributed by atoms with Crippen LogP contribution in [0.15, 0.2) is 0 Å². The predicted octanol–water partition coefficient (Wildman–Crippen LogP) is 1.73. The minimum atomic E-state index is -0.334. The number of ether oxygens (including phenoxy) is 1. The van der Waals surface area contributed by atoms with Crippen molar-refractivity contribution in [2.75, 3.05) is 13.2 Å². The van der Waals surface area contributed by atoms with Crippen molar-refractivity contribution < 1.29 is 14.3 Å². The first-order valence-corrected chi connectivity index (χ1v) is 6.10. The molecule has 1 rings (SSSR count). The Kier molecular flexibility index (Phi) is 5.29. The summed E-state index contributed by atoms with van der Waals surface area (Å²) in [6, 6.07) is -0.334. The van der Waals surface area contributed by atoms with E-state index in [1.54, 1.807) is 4.90 Å². The van der Waals surface area contributed by atoms with Gasteiger partial charge in [0.05, 0.1) is 6.61 Å². The van der Waals surface area contributed by atoms with E-state index in [1.807, 2.05) is 0 Å². The van der Waals surface area contributed by atoms with Crippen molar-refractivity contribution in [3.05, 3.63) is 0 Å². The molecule has 4 heteroatoms. The summed E-state index contributed by atoms with van der Waals surface area (Å²) < 4.78 is 5.18. The third-order valence-electron chi connectivity index (χ3n) is 2.92. The number of likely N-dealkylation sites (tertiary alicyclic amines) is 1. The first-order chi connectivity index (χ1) is 7.66. The van der Waals surface area contributed by atoms with Crippen LogP contribution in [0.2, 0.25) is 0 Å². The van der Waals surface area contributed by atoms with E-state index in [0.717, 1.165) is 32.1 Å². The molecular formula is C12H21NO3. The second-order valence-electron chi connectivity index (χ2n) is 4.25. The molecule has 0 unspecified atom stereocenters. The predicted molar refractivity (Wildman–Crippen MR) is 60.9 cm³/mol. The lowest BCUT2D eigenvalue weighted by Crippen LogP contribution is -2.40. The van der Waals surface area contributed by atoms with Crippen molar-refractivity contribution in [1.29, 1.82) is 0 Å². The Balaban J connectivity index is 2.32. The standard InChI is InChI=1S/C12H21NO3/c1-3-4-5-9-16-12(15)11-7-6-8-13(11)10(2)14/h11H,3-9H2,1-2H3/t11-/m0/s1. The van der Waals surface area contributed by atoms with Crippen LogP contribution < -0.4 is 0 Å². The SMILES string of the molecule is CCCCCOC(=O)[C@@H]1CCCN1C(C)=O. The van der Waals surface area contributed by atoms with Gasteiger partial charge in [-0.3, -0.25) is 4.79 Å². The topological polar surface area (TPSA) is 46.6 Å². The van der Waals surface area contributed by atoms with Gasteiger partial charge in [0.2, 0.25) is 5.91 Å². The van der Waals surface area contributed by atoms with Crippen molar-refractivity contribution in [2.24, 2.45) is 0 Å². The van der Waals surface area contributed by atoms with Crippen LogP contribution in [0.3, 0.4) is 0 Å². The zero-order valence-electron chi connectivity index (χ0n) is 10.2. The Morgan fingerprint density at radius 2 is 2.12 bits per heavy atom. The van der Waals surface area contributed by atoms with E-state index in [1.165, 1.54) is 6.92 Å². The summed E-state index contributed by atoms with van der Waals surface area (Å²) in [5, 5.41) is 0. The number of carbonyl (C=O) groups excluding carboxylic acids is 2. The molecule has 1 fully saturated rings. The van der Waals surface area contributed by atoms with Gasteiger partial charge in [0.1, 0.15) is 6.04 Å². The van der Waals surface area contributed by atoms with Crippen LogP contribution in [0.4, 0.5) is 0 Å². The number of hydrogen-bond donors (Lipinski definition) is 0. The van der Waals surface area contributed by atoms with Gasteiger partial charge in [-0.25, -0.2) is 4.79 Å². The van der Waals surface area contributed by atoms with Crippen molar-refractivity contribution in [3.63, 3.8) is 0 Å². The van der Waals surface area contributed by atoms with Crippen LogP contribution in [0.25, 0.3) is 0 Å². The normalized spacial score (nSPS) is 19.9. The molecule has 16 heavy (non-hydrogen) atoms. The van der Waals surface area contributed by atoms with Gasteiger partial charge < -0.3 is 9.64 Å². The van der Waals surface area contributed by atoms with E-state index in [4.69, 9.17) is 4.74 Å². The highest BCUT2D eigenvalue weighted by Gasteiger charge is 2.33. The molecule has 0 bridgehead atoms. The van der Waals surface area contributed by atoms with Crippen LogP contribution in [0.5, 0.6) is 0 Å². The van der Waals surface area contributed by atoms with Crippen LogP contribution in [0.1, 0.15) is 46.0 Å². The van der Waals surface area contributed by atoms with Crippen molar-refractivity contribution in [1.82, 2.24) is 4.90 Å². The summed E-state index contributed by atoms with van der Waals surface area (Å²) in [4.78, 5) is 24.6. The quantitative estimate of drug-likeness (QED) is 0.531. The molecule has 0 aromatic carbocycles. The molecule has 1 atom stereocenters. The van der Waals surface area contributed by atoms with E-state index in [0.29, 0.717) is 13.2 Å². The first kappa shape index (κ1) is 13.0. The van der Waals surface area contributed by atoms with Crippen molar-refractivity contribution in [3.8, 4) is 0 Å². The van der Waals surface area contributed by atoms with Crippen molar-refractivity contribution >= 4 is 11.9 Å². The van der Waals surface area contributed by atoms with Gasteiger partial charge in [-0.2, -0.15) is 0 Å². The zero-order valence-corrected chi connectivity index (χ0v) is 10.2. The fraction of sp³-hybridized carbons (Fsp3) is 0.833. The molecule has 92 valence electrons. The Labute approximate surface area is 96.9 Å². The Morgan fingerprint density at radius 3 is 2.75 bits per heavy atom. The molecule has 0 aromatic heterocycles. The molecule has 0 aromatic rings. The number of amides is 1. The maximum absolute atomic E-state index is 11.7. The van der Waals surface area contributed by atoms with Gasteiger partial charge in [-0.05, 0) is 19.3 Å². The molecule has 1 aliphatic rings. The average molecular weight is 227 g/mol. The number of hydrogen-bond acceptors (Lipinski definition) is 3. The number of rotatable bonds is 5. The number of nitrogens with zero attached hydrogens (tertiary/aromatic N) is 1. The first-order valence-electron chi connectivity index (χ1n) is 6.10. The van der Waals surface area contributed by atoms with Gasteiger partial charge in [-0.1, -0.05) is 19.8 Å². The molecule has 1 saturated heterocycles. The zero-order chi connectivity index (χ0) is 12.0. The summed E-state index contributed by atoms with van der Waals surface area (Å²) >= 11 is 0. The second kappa shape index (κ2) is 6.51. The van der Waals surface area contributed by atoms with E-state index >= 15 is 0 Å². The molecule has 1 heterocycles. The van der Waals surface area contributed by atoms with Crippen LogP contribution in [-0.4, -0.2) is 36.0 Å². The summed E-state index contributed by atoms with van der Waals surface area (Å²) in [5.74, 6) is -0.267. The van der Waals surface area contributed by atoms with Crippen molar-refractivity contribution in [2.45, 2.75) is 52.0 Å². The molecule has 0 spiro atoms. The molecule has 1 aliphatic heterocycles. The van der Waals surface area contributed by atoms with E-state index < -0.39 is 0 Å². The highest BCUT2D eigenvalue weighted by atomic mass is 16.5. The smallest absolute Gasteiger partial charge is 0.328 e. The van der Waals surface area contributed by atoms with Crippen LogP contribution in [0, 0.1) is 0 Å². The lowest BCUT2D eigenvalue weighted by Gasteiger charge is -2.21. The third-order valence-corrected chi connectivity index (χ3v) is 2.92. The fourth-order valence-electron chi connectivity index (χ4n) is 2.01. The summed E-state index contributed by atoms with van der Waals surface area (Å²) in [7, 11) is 0. The largest absolute Gasteiger partial charge is 0.464 e. The molecule has 1 amide bonds. The minimum Gasteiger partial charge on any atom is -0.464 e. The minimum absolute atomic E-state index is 0.0343. The van der Waals surface area contributed by atoms with Gasteiger partial charge >= 0.3 is 5.97 Å². The molecule has 0 aliphatic carbocycles. The number of carbonyl (C=O) groups is 2. The maximum atomic E-state index is 11.7. The van der Waals surface area contributed by atoms with E-state index in [-0.39, 0.29) is 17.9 Å². The monoisotopic (exact) mass is 227 g/mol. The average Bonchev–Trinajstić information content (AvgIpc) is 2.73.